The molecule has 2 N–H and O–H groups in total. The van der Waals surface area contributed by atoms with Gasteiger partial charge in [0, 0.05) is 13.0 Å². The zero-order valence-electron chi connectivity index (χ0n) is 11.4. The van der Waals surface area contributed by atoms with Gasteiger partial charge in [-0.2, -0.15) is 0 Å². The molecule has 1 aliphatic rings. The number of carbonyl (C=O) groups is 2. The van der Waals surface area contributed by atoms with Crippen LogP contribution in [-0.4, -0.2) is 47.8 Å². The number of nitrogens with zero attached hydrogens (tertiary/aromatic N) is 1. The lowest BCUT2D eigenvalue weighted by Crippen LogP contribution is -2.37. The third kappa shape index (κ3) is 4.52. The Balaban J connectivity index is 2.42. The van der Waals surface area contributed by atoms with Crippen molar-refractivity contribution in [1.82, 2.24) is 4.90 Å². The minimum Gasteiger partial charge on any atom is -0.459 e. The van der Waals surface area contributed by atoms with Crippen molar-refractivity contribution in [2.24, 2.45) is 5.73 Å². The van der Waals surface area contributed by atoms with Crippen LogP contribution in [0.3, 0.4) is 0 Å². The fourth-order valence-corrected chi connectivity index (χ4v) is 1.59. The molecule has 1 aliphatic heterocycles. The molecule has 1 saturated heterocycles. The van der Waals surface area contributed by atoms with E-state index in [-0.39, 0.29) is 12.2 Å². The quantitative estimate of drug-likeness (QED) is 0.744. The number of esters is 1. The van der Waals surface area contributed by atoms with Gasteiger partial charge < -0.3 is 20.1 Å². The molecule has 104 valence electrons. The number of amides is 1. The molecule has 0 bridgehead atoms. The number of rotatable bonds is 2. The van der Waals surface area contributed by atoms with Gasteiger partial charge in [0.25, 0.3) is 0 Å². The van der Waals surface area contributed by atoms with E-state index < -0.39 is 17.6 Å². The monoisotopic (exact) mass is 258 g/mol. The number of nitrogens with two attached hydrogens (primary N) is 1. The number of hydrogen-bond donors (Lipinski definition) is 1. The summed E-state index contributed by atoms with van der Waals surface area (Å²) < 4.78 is 10.4. The van der Waals surface area contributed by atoms with Crippen molar-refractivity contribution in [3.05, 3.63) is 0 Å². The van der Waals surface area contributed by atoms with Gasteiger partial charge in [-0.25, -0.2) is 4.79 Å². The summed E-state index contributed by atoms with van der Waals surface area (Å²) >= 11 is 0. The van der Waals surface area contributed by atoms with Gasteiger partial charge in [-0.1, -0.05) is 0 Å². The van der Waals surface area contributed by atoms with E-state index in [0.717, 1.165) is 0 Å². The summed E-state index contributed by atoms with van der Waals surface area (Å²) in [6.07, 6.45) is -0.0320. The van der Waals surface area contributed by atoms with Crippen LogP contribution in [0.2, 0.25) is 0 Å². The van der Waals surface area contributed by atoms with Gasteiger partial charge in [0.1, 0.15) is 17.7 Å². The highest BCUT2D eigenvalue weighted by Crippen LogP contribution is 2.17. The fourth-order valence-electron chi connectivity index (χ4n) is 1.59. The highest BCUT2D eigenvalue weighted by atomic mass is 16.6. The molecule has 1 heterocycles. The van der Waals surface area contributed by atoms with E-state index in [0.29, 0.717) is 19.5 Å². The smallest absolute Gasteiger partial charge is 0.410 e. The molecule has 1 amide bonds. The second kappa shape index (κ2) is 5.56. The fraction of sp³-hybridized carbons (Fsp3) is 0.833. The Hall–Kier alpha value is -1.30. The molecular formula is C12H22N2O4. The predicted molar refractivity (Wildman–Crippen MR) is 66.0 cm³/mol. The van der Waals surface area contributed by atoms with Gasteiger partial charge in [0.05, 0.1) is 6.54 Å². The second-order valence-electron chi connectivity index (χ2n) is 5.56. The molecule has 0 radical (unpaired) electrons. The Bertz CT molecular complexity index is 323. The van der Waals surface area contributed by atoms with E-state index in [1.165, 1.54) is 0 Å². The zero-order chi connectivity index (χ0) is 13.9. The Labute approximate surface area is 107 Å². The van der Waals surface area contributed by atoms with Crippen LogP contribution in [0, 0.1) is 0 Å². The first-order chi connectivity index (χ1) is 8.19. The van der Waals surface area contributed by atoms with Gasteiger partial charge in [0.2, 0.25) is 0 Å². The van der Waals surface area contributed by atoms with Gasteiger partial charge in [0.15, 0.2) is 0 Å². The van der Waals surface area contributed by atoms with Crippen LogP contribution >= 0.6 is 0 Å². The van der Waals surface area contributed by atoms with E-state index in [2.05, 4.69) is 0 Å². The van der Waals surface area contributed by atoms with Crippen LogP contribution < -0.4 is 5.73 Å². The lowest BCUT2D eigenvalue weighted by atomic mass is 10.2. The highest BCUT2D eigenvalue weighted by molar-refractivity contribution is 5.75. The van der Waals surface area contributed by atoms with Crippen LogP contribution in [0.15, 0.2) is 0 Å². The lowest BCUT2D eigenvalue weighted by Gasteiger charge is -2.24. The van der Waals surface area contributed by atoms with Crippen molar-refractivity contribution >= 4 is 12.1 Å². The van der Waals surface area contributed by atoms with Crippen LogP contribution in [0.1, 0.15) is 34.1 Å². The van der Waals surface area contributed by atoms with Crippen molar-refractivity contribution in [1.29, 1.82) is 0 Å². The third-order valence-corrected chi connectivity index (χ3v) is 2.45. The van der Waals surface area contributed by atoms with Crippen LogP contribution in [0.5, 0.6) is 0 Å². The minimum absolute atomic E-state index is 0.281. The predicted octanol–water partition coefficient (Wildman–Crippen LogP) is 0.886. The van der Waals surface area contributed by atoms with Gasteiger partial charge >= 0.3 is 12.1 Å². The SMILES string of the molecule is C[C@H](N)C(=O)O[C@H]1CCN(C(=O)OC(C)(C)C)C1. The summed E-state index contributed by atoms with van der Waals surface area (Å²) in [6, 6.07) is -0.638. The third-order valence-electron chi connectivity index (χ3n) is 2.45. The maximum Gasteiger partial charge on any atom is 0.410 e. The average molecular weight is 258 g/mol. The Kier molecular flexibility index (Phi) is 4.56. The molecule has 0 unspecified atom stereocenters. The Morgan fingerprint density at radius 2 is 2.00 bits per heavy atom. The van der Waals surface area contributed by atoms with E-state index >= 15 is 0 Å². The summed E-state index contributed by atoms with van der Waals surface area (Å²) in [5.41, 5.74) is 4.90. The Morgan fingerprint density at radius 3 is 2.50 bits per heavy atom. The van der Waals surface area contributed by atoms with Crippen molar-refractivity contribution in [3.8, 4) is 0 Å². The molecule has 0 aliphatic carbocycles. The zero-order valence-corrected chi connectivity index (χ0v) is 11.4. The number of carbonyl (C=O) groups excluding carboxylic acids is 2. The molecule has 0 spiro atoms. The number of hydrogen-bond acceptors (Lipinski definition) is 5. The molecule has 6 nitrogen and oxygen atoms in total. The largest absolute Gasteiger partial charge is 0.459 e. The Morgan fingerprint density at radius 1 is 1.39 bits per heavy atom. The second-order valence-corrected chi connectivity index (χ2v) is 5.56. The summed E-state index contributed by atoms with van der Waals surface area (Å²) in [5, 5.41) is 0. The van der Waals surface area contributed by atoms with Crippen LogP contribution in [0.25, 0.3) is 0 Å². The standard InChI is InChI=1S/C12H22N2O4/c1-8(13)10(15)17-9-5-6-14(7-9)11(16)18-12(2,3)4/h8-9H,5-7,13H2,1-4H3/t8-,9-/m0/s1. The van der Waals surface area contributed by atoms with Gasteiger partial charge in [-0.3, -0.25) is 4.79 Å². The molecule has 0 aromatic carbocycles. The molecule has 0 saturated carbocycles. The van der Waals surface area contributed by atoms with Gasteiger partial charge in [-0.05, 0) is 27.7 Å². The van der Waals surface area contributed by atoms with Crippen molar-refractivity contribution in [3.63, 3.8) is 0 Å². The van der Waals surface area contributed by atoms with Crippen molar-refractivity contribution in [2.75, 3.05) is 13.1 Å². The average Bonchev–Trinajstić information content (AvgIpc) is 2.63. The molecule has 6 heteroatoms. The van der Waals surface area contributed by atoms with Crippen molar-refractivity contribution < 1.29 is 19.1 Å². The highest BCUT2D eigenvalue weighted by Gasteiger charge is 2.32. The van der Waals surface area contributed by atoms with E-state index in [1.807, 2.05) is 20.8 Å². The molecule has 1 fully saturated rings. The maximum atomic E-state index is 11.8. The summed E-state index contributed by atoms with van der Waals surface area (Å²) in [5.74, 6) is -0.439. The normalized spacial score (nSPS) is 21.6. The molecule has 0 aromatic heterocycles. The molecule has 18 heavy (non-hydrogen) atoms. The maximum absolute atomic E-state index is 11.8. The first kappa shape index (κ1) is 14.8. The number of likely N-dealkylation sites (tertiary alicyclic amines) is 1. The summed E-state index contributed by atoms with van der Waals surface area (Å²) in [4.78, 5) is 24.6. The van der Waals surface area contributed by atoms with Crippen LogP contribution in [-0.2, 0) is 14.3 Å². The number of ether oxygens (including phenoxy) is 2. The lowest BCUT2D eigenvalue weighted by molar-refractivity contribution is -0.149. The summed E-state index contributed by atoms with van der Waals surface area (Å²) in [7, 11) is 0. The first-order valence-electron chi connectivity index (χ1n) is 6.13. The molecular weight excluding hydrogens is 236 g/mol. The topological polar surface area (TPSA) is 81.9 Å². The van der Waals surface area contributed by atoms with Gasteiger partial charge in [-0.15, -0.1) is 0 Å². The van der Waals surface area contributed by atoms with E-state index in [4.69, 9.17) is 15.2 Å². The molecule has 1 rings (SSSR count). The minimum atomic E-state index is -0.638. The van der Waals surface area contributed by atoms with E-state index in [1.54, 1.807) is 11.8 Å². The van der Waals surface area contributed by atoms with E-state index in [9.17, 15) is 9.59 Å². The summed E-state index contributed by atoms with van der Waals surface area (Å²) in [6.45, 7) is 7.92. The molecule has 2 atom stereocenters. The molecule has 0 aromatic rings. The first-order valence-corrected chi connectivity index (χ1v) is 6.13. The van der Waals surface area contributed by atoms with Crippen molar-refractivity contribution in [2.45, 2.75) is 51.9 Å². The van der Waals surface area contributed by atoms with Crippen LogP contribution in [0.4, 0.5) is 4.79 Å².